The van der Waals surface area contributed by atoms with Crippen LogP contribution in [0.4, 0.5) is 22.7 Å². The first-order valence-electron chi connectivity index (χ1n) is 5.72. The highest BCUT2D eigenvalue weighted by atomic mass is 16.6. The molecule has 8 heteroatoms. The van der Waals surface area contributed by atoms with Gasteiger partial charge in [0.25, 0.3) is 0 Å². The third kappa shape index (κ3) is 2.93. The topological polar surface area (TPSA) is 122 Å². The third-order valence-corrected chi connectivity index (χ3v) is 2.69. The first-order chi connectivity index (χ1) is 10.0. The van der Waals surface area contributed by atoms with Crippen LogP contribution in [0.2, 0.25) is 0 Å². The maximum absolute atomic E-state index is 11.1. The Morgan fingerprint density at radius 2 is 1.67 bits per heavy atom. The Labute approximate surface area is 118 Å². The van der Waals surface area contributed by atoms with E-state index in [1.54, 1.807) is 12.1 Å². The van der Waals surface area contributed by atoms with Crippen LogP contribution < -0.4 is 5.32 Å². The van der Waals surface area contributed by atoms with Crippen molar-refractivity contribution in [2.75, 3.05) is 5.32 Å². The Hall–Kier alpha value is -3.47. The van der Waals surface area contributed by atoms with Crippen molar-refractivity contribution in [3.8, 4) is 6.07 Å². The molecule has 0 aliphatic carbocycles. The van der Waals surface area contributed by atoms with Crippen LogP contribution in [0.3, 0.4) is 0 Å². The van der Waals surface area contributed by atoms with Crippen molar-refractivity contribution in [3.05, 3.63) is 68.3 Å². The SMILES string of the molecule is N#Cc1ccc(Nc2cccc([N+](=O)[O-])c2[N+](=O)[O-])cc1. The van der Waals surface area contributed by atoms with Crippen LogP contribution in [-0.2, 0) is 0 Å². The van der Waals surface area contributed by atoms with Gasteiger partial charge in [-0.1, -0.05) is 6.07 Å². The number of rotatable bonds is 4. The molecule has 0 heterocycles. The summed E-state index contributed by atoms with van der Waals surface area (Å²) in [5.41, 5.74) is -0.254. The van der Waals surface area contributed by atoms with E-state index in [0.29, 0.717) is 11.3 Å². The van der Waals surface area contributed by atoms with Gasteiger partial charge in [-0.25, -0.2) is 0 Å². The van der Waals surface area contributed by atoms with Crippen LogP contribution >= 0.6 is 0 Å². The smallest absolute Gasteiger partial charge is 0.350 e. The molecule has 2 aromatic rings. The van der Waals surface area contributed by atoms with E-state index in [-0.39, 0.29) is 5.69 Å². The van der Waals surface area contributed by atoms with E-state index in [0.717, 1.165) is 6.07 Å². The Morgan fingerprint density at radius 1 is 1.00 bits per heavy atom. The van der Waals surface area contributed by atoms with E-state index < -0.39 is 21.2 Å². The molecule has 0 bridgehead atoms. The molecule has 104 valence electrons. The predicted molar refractivity (Wildman–Crippen MR) is 74.2 cm³/mol. The van der Waals surface area contributed by atoms with Crippen molar-refractivity contribution in [1.29, 1.82) is 5.26 Å². The summed E-state index contributed by atoms with van der Waals surface area (Å²) >= 11 is 0. The van der Waals surface area contributed by atoms with Gasteiger partial charge in [-0.2, -0.15) is 5.26 Å². The van der Waals surface area contributed by atoms with Gasteiger partial charge in [-0.05, 0) is 30.3 Å². The monoisotopic (exact) mass is 284 g/mol. The summed E-state index contributed by atoms with van der Waals surface area (Å²) in [7, 11) is 0. The number of nitriles is 1. The minimum absolute atomic E-state index is 0.0129. The molecule has 2 aromatic carbocycles. The molecule has 2 rings (SSSR count). The summed E-state index contributed by atoms with van der Waals surface area (Å²) in [4.78, 5) is 20.3. The number of hydrogen-bond acceptors (Lipinski definition) is 6. The Bertz CT molecular complexity index is 750. The normalized spacial score (nSPS) is 9.67. The number of nitro benzene ring substituents is 2. The van der Waals surface area contributed by atoms with Gasteiger partial charge in [0.15, 0.2) is 0 Å². The molecule has 0 unspecified atom stereocenters. The number of hydrogen-bond donors (Lipinski definition) is 1. The molecular weight excluding hydrogens is 276 g/mol. The summed E-state index contributed by atoms with van der Waals surface area (Å²) in [6.45, 7) is 0. The largest absolute Gasteiger partial charge is 0.369 e. The van der Waals surface area contributed by atoms with Gasteiger partial charge in [0, 0.05) is 11.8 Å². The van der Waals surface area contributed by atoms with E-state index in [1.165, 1.54) is 24.3 Å². The number of anilines is 2. The zero-order chi connectivity index (χ0) is 15.4. The van der Waals surface area contributed by atoms with E-state index in [1.807, 2.05) is 6.07 Å². The standard InChI is InChI=1S/C13H8N4O4/c14-8-9-4-6-10(7-5-9)15-11-2-1-3-12(16(18)19)13(11)17(20)21/h1-7,15H. The number of benzene rings is 2. The second-order valence-corrected chi connectivity index (χ2v) is 4.00. The molecular formula is C13H8N4O4. The second-order valence-electron chi connectivity index (χ2n) is 4.00. The highest BCUT2D eigenvalue weighted by molar-refractivity contribution is 5.76. The van der Waals surface area contributed by atoms with Crippen molar-refractivity contribution >= 4 is 22.7 Å². The highest BCUT2D eigenvalue weighted by Crippen LogP contribution is 2.35. The van der Waals surface area contributed by atoms with Crippen molar-refractivity contribution < 1.29 is 9.85 Å². The maximum Gasteiger partial charge on any atom is 0.369 e. The molecule has 0 saturated carbocycles. The molecule has 0 spiro atoms. The molecule has 0 amide bonds. The average molecular weight is 284 g/mol. The predicted octanol–water partition coefficient (Wildman–Crippen LogP) is 3.12. The number of nitrogens with one attached hydrogen (secondary N) is 1. The van der Waals surface area contributed by atoms with Gasteiger partial charge in [-0.3, -0.25) is 20.2 Å². The van der Waals surface area contributed by atoms with Gasteiger partial charge in [0.1, 0.15) is 5.69 Å². The quantitative estimate of drug-likeness (QED) is 0.679. The number of para-hydroxylation sites is 1. The van der Waals surface area contributed by atoms with Gasteiger partial charge in [-0.15, -0.1) is 0 Å². The Morgan fingerprint density at radius 3 is 2.19 bits per heavy atom. The van der Waals surface area contributed by atoms with Crippen molar-refractivity contribution in [1.82, 2.24) is 0 Å². The van der Waals surface area contributed by atoms with Crippen LogP contribution in [0.25, 0.3) is 0 Å². The van der Waals surface area contributed by atoms with Gasteiger partial charge in [0.2, 0.25) is 0 Å². The summed E-state index contributed by atoms with van der Waals surface area (Å²) in [6.07, 6.45) is 0. The lowest BCUT2D eigenvalue weighted by atomic mass is 10.2. The number of nitro groups is 2. The van der Waals surface area contributed by atoms with Crippen LogP contribution in [0, 0.1) is 31.6 Å². The lowest BCUT2D eigenvalue weighted by Crippen LogP contribution is -2.01. The molecule has 0 saturated heterocycles. The lowest BCUT2D eigenvalue weighted by molar-refractivity contribution is -0.421. The number of nitrogens with zero attached hydrogens (tertiary/aromatic N) is 3. The molecule has 21 heavy (non-hydrogen) atoms. The van der Waals surface area contributed by atoms with E-state index in [2.05, 4.69) is 5.32 Å². The molecule has 0 atom stereocenters. The fraction of sp³-hybridized carbons (Fsp3) is 0. The molecule has 0 fully saturated rings. The maximum atomic E-state index is 11.1. The van der Waals surface area contributed by atoms with Crippen LogP contribution in [-0.4, -0.2) is 9.85 Å². The van der Waals surface area contributed by atoms with Gasteiger partial charge >= 0.3 is 11.4 Å². The molecule has 0 aromatic heterocycles. The second kappa shape index (κ2) is 5.66. The molecule has 0 aliphatic heterocycles. The van der Waals surface area contributed by atoms with Crippen LogP contribution in [0.1, 0.15) is 5.56 Å². The van der Waals surface area contributed by atoms with Gasteiger partial charge < -0.3 is 5.32 Å². The summed E-state index contributed by atoms with van der Waals surface area (Å²) in [5.74, 6) is 0. The Kier molecular flexibility index (Phi) is 3.76. The fourth-order valence-electron chi connectivity index (χ4n) is 1.75. The highest BCUT2D eigenvalue weighted by Gasteiger charge is 2.28. The fourth-order valence-corrected chi connectivity index (χ4v) is 1.75. The Balaban J connectivity index is 2.44. The first-order valence-corrected chi connectivity index (χ1v) is 5.72. The van der Waals surface area contributed by atoms with Crippen molar-refractivity contribution in [2.24, 2.45) is 0 Å². The van der Waals surface area contributed by atoms with E-state index in [9.17, 15) is 20.2 Å². The van der Waals surface area contributed by atoms with Crippen molar-refractivity contribution in [3.63, 3.8) is 0 Å². The van der Waals surface area contributed by atoms with Crippen LogP contribution in [0.5, 0.6) is 0 Å². The summed E-state index contributed by atoms with van der Waals surface area (Å²) in [6, 6.07) is 11.9. The molecule has 1 N–H and O–H groups in total. The zero-order valence-electron chi connectivity index (χ0n) is 10.5. The molecule has 0 radical (unpaired) electrons. The zero-order valence-corrected chi connectivity index (χ0v) is 10.5. The van der Waals surface area contributed by atoms with Crippen molar-refractivity contribution in [2.45, 2.75) is 0 Å². The minimum atomic E-state index is -0.803. The van der Waals surface area contributed by atoms with E-state index in [4.69, 9.17) is 5.26 Å². The van der Waals surface area contributed by atoms with Gasteiger partial charge in [0.05, 0.1) is 21.5 Å². The van der Waals surface area contributed by atoms with Crippen LogP contribution in [0.15, 0.2) is 42.5 Å². The van der Waals surface area contributed by atoms with E-state index >= 15 is 0 Å². The lowest BCUT2D eigenvalue weighted by Gasteiger charge is -2.07. The minimum Gasteiger partial charge on any atom is -0.350 e. The summed E-state index contributed by atoms with van der Waals surface area (Å²) in [5, 5.41) is 33.4. The first kappa shape index (κ1) is 14.0. The molecule has 0 aliphatic rings. The molecule has 8 nitrogen and oxygen atoms in total. The third-order valence-electron chi connectivity index (χ3n) is 2.69. The average Bonchev–Trinajstić information content (AvgIpc) is 2.47. The summed E-state index contributed by atoms with van der Waals surface area (Å²) < 4.78 is 0.